The second-order valence-corrected chi connectivity index (χ2v) is 13.3. The highest BCUT2D eigenvalue weighted by Crippen LogP contribution is 2.54. The first kappa shape index (κ1) is 27.9. The highest BCUT2D eigenvalue weighted by atomic mass is 79.9. The van der Waals surface area contributed by atoms with Gasteiger partial charge in [-0.3, -0.25) is 19.2 Å². The minimum absolute atomic E-state index is 0.298. The highest BCUT2D eigenvalue weighted by Gasteiger charge is 2.56. The number of aromatic amines is 1. The number of aromatic nitrogens is 1. The van der Waals surface area contributed by atoms with E-state index in [2.05, 4.69) is 42.2 Å². The molecule has 208 valence electrons. The number of benzene rings is 3. The number of carbonyl (C=O) groups is 3. The van der Waals surface area contributed by atoms with E-state index in [9.17, 15) is 23.6 Å². The van der Waals surface area contributed by atoms with Gasteiger partial charge in [-0.1, -0.05) is 55.0 Å². The molecule has 8 nitrogen and oxygen atoms in total. The number of amides is 3. The Kier molecular flexibility index (Phi) is 7.62. The first-order valence-corrected chi connectivity index (χ1v) is 15.5. The molecule has 1 fully saturated rings. The minimum Gasteiger partial charge on any atom is -0.483 e. The fraction of sp³-hybridized carbons (Fsp3) is 0.143. The Morgan fingerprint density at radius 2 is 1.68 bits per heavy atom. The number of H-pyrrole nitrogens is 1. The number of ether oxygens (including phenoxy) is 1. The van der Waals surface area contributed by atoms with Gasteiger partial charge >= 0.3 is 4.87 Å². The summed E-state index contributed by atoms with van der Waals surface area (Å²) in [5.41, 5.74) is 1.42. The molecule has 2 N–H and O–H groups in total. The van der Waals surface area contributed by atoms with Gasteiger partial charge in [0.1, 0.15) is 16.8 Å². The second kappa shape index (κ2) is 11.2. The average Bonchev–Trinajstić information content (AvgIpc) is 3.44. The van der Waals surface area contributed by atoms with Crippen molar-refractivity contribution in [1.82, 2.24) is 4.98 Å². The van der Waals surface area contributed by atoms with E-state index in [1.54, 1.807) is 42.5 Å². The number of nitrogens with zero attached hydrogens (tertiary/aromatic N) is 1. The lowest BCUT2D eigenvalue weighted by Crippen LogP contribution is -2.32. The quantitative estimate of drug-likeness (QED) is 0.240. The first-order chi connectivity index (χ1) is 19.7. The summed E-state index contributed by atoms with van der Waals surface area (Å²) in [6.45, 7) is -0.365. The third kappa shape index (κ3) is 5.39. The zero-order chi connectivity index (χ0) is 28.8. The van der Waals surface area contributed by atoms with Crippen molar-refractivity contribution in [2.45, 2.75) is 16.2 Å². The number of halogens is 3. The molecule has 2 aliphatic heterocycles. The Bertz CT molecular complexity index is 1740. The zero-order valence-electron chi connectivity index (χ0n) is 20.7. The molecule has 0 radical (unpaired) electrons. The lowest BCUT2D eigenvalue weighted by Gasteiger charge is -2.31. The Labute approximate surface area is 257 Å². The Morgan fingerprint density at radius 3 is 2.41 bits per heavy atom. The van der Waals surface area contributed by atoms with Gasteiger partial charge in [-0.2, -0.15) is 0 Å². The number of hydrogen-bond donors (Lipinski definition) is 2. The number of imide groups is 1. The summed E-state index contributed by atoms with van der Waals surface area (Å²) < 4.78 is 20.7. The molecule has 1 saturated heterocycles. The molecule has 3 unspecified atom stereocenters. The van der Waals surface area contributed by atoms with Crippen LogP contribution in [0.5, 0.6) is 5.75 Å². The molecule has 4 aromatic rings. The van der Waals surface area contributed by atoms with Crippen LogP contribution in [0.1, 0.15) is 16.4 Å². The number of rotatable bonds is 6. The average molecular weight is 719 g/mol. The summed E-state index contributed by atoms with van der Waals surface area (Å²) in [7, 11) is 0. The van der Waals surface area contributed by atoms with E-state index < -0.39 is 28.8 Å². The van der Waals surface area contributed by atoms with E-state index >= 15 is 0 Å². The molecule has 0 aliphatic carbocycles. The van der Waals surface area contributed by atoms with E-state index in [0.717, 1.165) is 15.8 Å². The largest absolute Gasteiger partial charge is 0.483 e. The Morgan fingerprint density at radius 1 is 0.976 bits per heavy atom. The lowest BCUT2D eigenvalue weighted by molar-refractivity contribution is -0.122. The van der Waals surface area contributed by atoms with Crippen LogP contribution in [-0.4, -0.2) is 34.6 Å². The molecule has 0 saturated carbocycles. The van der Waals surface area contributed by atoms with Gasteiger partial charge in [0.2, 0.25) is 11.8 Å². The SMILES string of the molecule is O=C(COc1ccc(Br)cc1C1c2sc(=O)[nH]c2SC2C(=O)N(c3ccc(Br)cc3)C(=O)C21)Nc1ccc(F)cc1. The maximum atomic E-state index is 14.0. The lowest BCUT2D eigenvalue weighted by atomic mass is 9.82. The number of thioether (sulfide) groups is 1. The smallest absolute Gasteiger partial charge is 0.305 e. The third-order valence-electron chi connectivity index (χ3n) is 6.70. The molecule has 0 bridgehead atoms. The molecule has 41 heavy (non-hydrogen) atoms. The van der Waals surface area contributed by atoms with Crippen molar-refractivity contribution < 1.29 is 23.5 Å². The van der Waals surface area contributed by atoms with Crippen LogP contribution in [0.25, 0.3) is 0 Å². The summed E-state index contributed by atoms with van der Waals surface area (Å²) in [6, 6.07) is 17.4. The molecule has 3 heterocycles. The van der Waals surface area contributed by atoms with Gasteiger partial charge in [0.25, 0.3) is 5.91 Å². The standard InChI is InChI=1S/C28H18Br2FN3O5S2/c29-13-1-8-17(9-2-13)34-26(36)22-21(23-25(33-28(38)41-23)40-24(22)27(34)37)18-11-14(30)3-10-19(18)39-12-20(35)32-16-6-4-15(31)5-7-16/h1-11,21-22,24H,12H2,(H,32,35)(H,33,38). The predicted octanol–water partition coefficient (Wildman–Crippen LogP) is 5.91. The number of carbonyl (C=O) groups excluding carboxylic acids is 3. The van der Waals surface area contributed by atoms with Crippen LogP contribution in [0, 0.1) is 11.7 Å². The van der Waals surface area contributed by atoms with Crippen LogP contribution < -0.4 is 19.8 Å². The summed E-state index contributed by atoms with van der Waals surface area (Å²) in [5.74, 6) is -2.83. The van der Waals surface area contributed by atoms with Gasteiger partial charge in [-0.25, -0.2) is 9.29 Å². The number of nitrogens with one attached hydrogen (secondary N) is 2. The van der Waals surface area contributed by atoms with Gasteiger partial charge in [0.05, 0.1) is 16.6 Å². The van der Waals surface area contributed by atoms with Crippen LogP contribution >= 0.6 is 55.0 Å². The van der Waals surface area contributed by atoms with Crippen LogP contribution in [0.2, 0.25) is 0 Å². The summed E-state index contributed by atoms with van der Waals surface area (Å²) in [4.78, 5) is 57.1. The Balaban J connectivity index is 1.36. The molecular formula is C28H18Br2FN3O5S2. The summed E-state index contributed by atoms with van der Waals surface area (Å²) in [6.07, 6.45) is 0. The van der Waals surface area contributed by atoms with Crippen molar-refractivity contribution in [3.8, 4) is 5.75 Å². The van der Waals surface area contributed by atoms with Crippen molar-refractivity contribution in [3.05, 3.63) is 102 Å². The third-order valence-corrected chi connectivity index (χ3v) is 10.1. The molecule has 2 aliphatic rings. The van der Waals surface area contributed by atoms with Crippen LogP contribution in [0.3, 0.4) is 0 Å². The van der Waals surface area contributed by atoms with Crippen molar-refractivity contribution in [1.29, 1.82) is 0 Å². The number of thiazole rings is 1. The topological polar surface area (TPSA) is 109 Å². The van der Waals surface area contributed by atoms with Gasteiger partial charge in [-0.15, -0.1) is 0 Å². The van der Waals surface area contributed by atoms with Gasteiger partial charge < -0.3 is 15.0 Å². The monoisotopic (exact) mass is 717 g/mol. The van der Waals surface area contributed by atoms with Gasteiger partial charge in [0, 0.05) is 31.0 Å². The first-order valence-electron chi connectivity index (χ1n) is 12.2. The Hall–Kier alpha value is -3.26. The van der Waals surface area contributed by atoms with E-state index in [4.69, 9.17) is 4.74 Å². The van der Waals surface area contributed by atoms with Gasteiger partial charge in [0.15, 0.2) is 6.61 Å². The fourth-order valence-electron chi connectivity index (χ4n) is 4.96. The molecule has 3 amide bonds. The van der Waals surface area contributed by atoms with Crippen molar-refractivity contribution >= 4 is 84.1 Å². The van der Waals surface area contributed by atoms with E-state index in [0.29, 0.717) is 37.1 Å². The van der Waals surface area contributed by atoms with E-state index in [1.807, 2.05) is 0 Å². The normalized spacial score (nSPS) is 19.6. The van der Waals surface area contributed by atoms with Crippen LogP contribution in [0.4, 0.5) is 15.8 Å². The maximum absolute atomic E-state index is 14.0. The van der Waals surface area contributed by atoms with Crippen LogP contribution in [-0.2, 0) is 14.4 Å². The second-order valence-electron chi connectivity index (χ2n) is 9.26. The number of fused-ring (bicyclic) bond motifs is 2. The van der Waals surface area contributed by atoms with Gasteiger partial charge in [-0.05, 0) is 66.7 Å². The molecule has 0 spiro atoms. The predicted molar refractivity (Wildman–Crippen MR) is 161 cm³/mol. The highest BCUT2D eigenvalue weighted by molar-refractivity contribution is 9.10. The van der Waals surface area contributed by atoms with Crippen molar-refractivity contribution in [3.63, 3.8) is 0 Å². The maximum Gasteiger partial charge on any atom is 0.305 e. The molecular weight excluding hydrogens is 701 g/mol. The molecule has 1 aromatic heterocycles. The number of anilines is 2. The van der Waals surface area contributed by atoms with Crippen molar-refractivity contribution in [2.75, 3.05) is 16.8 Å². The zero-order valence-corrected chi connectivity index (χ0v) is 25.5. The molecule has 3 aromatic carbocycles. The molecule has 13 heteroatoms. The summed E-state index contributed by atoms with van der Waals surface area (Å²) in [5, 5.41) is 2.41. The van der Waals surface area contributed by atoms with E-state index in [-0.39, 0.29) is 23.3 Å². The summed E-state index contributed by atoms with van der Waals surface area (Å²) >= 11 is 9.04. The number of hydrogen-bond acceptors (Lipinski definition) is 7. The minimum atomic E-state index is -0.820. The molecule has 3 atom stereocenters. The van der Waals surface area contributed by atoms with Crippen LogP contribution in [0.15, 0.2) is 85.5 Å². The van der Waals surface area contributed by atoms with E-state index in [1.165, 1.54) is 40.9 Å². The fourth-order valence-corrected chi connectivity index (χ4v) is 8.11. The van der Waals surface area contributed by atoms with Crippen molar-refractivity contribution in [2.24, 2.45) is 5.92 Å². The molecule has 6 rings (SSSR count).